The molecule has 118 valence electrons. The van der Waals surface area contributed by atoms with Gasteiger partial charge in [0.15, 0.2) is 0 Å². The van der Waals surface area contributed by atoms with Gasteiger partial charge < -0.3 is 9.84 Å². The first-order chi connectivity index (χ1) is 9.92. The van der Waals surface area contributed by atoms with Crippen LogP contribution in [-0.4, -0.2) is 32.8 Å². The average Bonchev–Trinajstić information content (AvgIpc) is 2.47. The number of sulfonamides is 1. The van der Waals surface area contributed by atoms with Crippen molar-refractivity contribution < 1.29 is 18.3 Å². The molecule has 0 radical (unpaired) electrons. The van der Waals surface area contributed by atoms with E-state index in [4.69, 9.17) is 16.3 Å². The number of nitrogens with one attached hydrogen (secondary N) is 1. The predicted octanol–water partition coefficient (Wildman–Crippen LogP) is 2.32. The van der Waals surface area contributed by atoms with E-state index >= 15 is 0 Å². The largest absolute Gasteiger partial charge is 0.495 e. The van der Waals surface area contributed by atoms with Crippen molar-refractivity contribution in [1.82, 2.24) is 4.72 Å². The summed E-state index contributed by atoms with van der Waals surface area (Å²) in [5, 5.41) is 9.85. The fourth-order valence-electron chi connectivity index (χ4n) is 2.68. The van der Waals surface area contributed by atoms with Gasteiger partial charge in [-0.25, -0.2) is 13.1 Å². The molecule has 0 unspecified atom stereocenters. The first-order valence-electron chi connectivity index (χ1n) is 6.91. The number of rotatable bonds is 5. The molecule has 2 N–H and O–H groups in total. The molecule has 21 heavy (non-hydrogen) atoms. The minimum absolute atomic E-state index is 0.0756. The molecule has 0 heterocycles. The second kappa shape index (κ2) is 6.52. The minimum Gasteiger partial charge on any atom is -0.495 e. The van der Waals surface area contributed by atoms with E-state index in [1.165, 1.54) is 25.3 Å². The fourth-order valence-corrected chi connectivity index (χ4v) is 4.48. The number of hydrogen-bond acceptors (Lipinski definition) is 4. The Hall–Kier alpha value is -0.820. The standard InChI is InChI=1S/C14H20ClNO4S/c1-20-13-6-5-11(9-12(13)15)21(18,19)16-14(10-17)7-3-2-4-8-14/h5-6,9,16-17H,2-4,7-8,10H2,1H3. The smallest absolute Gasteiger partial charge is 0.241 e. The van der Waals surface area contributed by atoms with Crippen LogP contribution in [0.3, 0.4) is 0 Å². The molecule has 1 aromatic carbocycles. The maximum absolute atomic E-state index is 12.5. The van der Waals surface area contributed by atoms with Crippen LogP contribution in [-0.2, 0) is 10.0 Å². The van der Waals surface area contributed by atoms with E-state index < -0.39 is 15.6 Å². The van der Waals surface area contributed by atoms with Gasteiger partial charge in [0.25, 0.3) is 0 Å². The van der Waals surface area contributed by atoms with E-state index in [0.717, 1.165) is 19.3 Å². The summed E-state index contributed by atoms with van der Waals surface area (Å²) in [4.78, 5) is 0.0756. The molecule has 1 aliphatic rings. The van der Waals surface area contributed by atoms with Gasteiger partial charge in [0, 0.05) is 0 Å². The number of hydrogen-bond donors (Lipinski definition) is 2. The van der Waals surface area contributed by atoms with Crippen LogP contribution in [0, 0.1) is 0 Å². The SMILES string of the molecule is COc1ccc(S(=O)(=O)NC2(CO)CCCCC2)cc1Cl. The van der Waals surface area contributed by atoms with Gasteiger partial charge in [-0.1, -0.05) is 30.9 Å². The number of aliphatic hydroxyl groups is 1. The molecule has 0 aromatic heterocycles. The predicted molar refractivity (Wildman–Crippen MR) is 81.2 cm³/mol. The fraction of sp³-hybridized carbons (Fsp3) is 0.571. The summed E-state index contributed by atoms with van der Waals surface area (Å²) in [6, 6.07) is 4.32. The summed E-state index contributed by atoms with van der Waals surface area (Å²) in [6.07, 6.45) is 4.18. The van der Waals surface area contributed by atoms with Gasteiger partial charge in [0.05, 0.1) is 29.2 Å². The molecule has 5 nitrogen and oxygen atoms in total. The molecule has 0 bridgehead atoms. The Morgan fingerprint density at radius 1 is 1.33 bits per heavy atom. The average molecular weight is 334 g/mol. The van der Waals surface area contributed by atoms with Crippen LogP contribution in [0.25, 0.3) is 0 Å². The molecule has 0 amide bonds. The minimum atomic E-state index is -3.73. The van der Waals surface area contributed by atoms with Crippen LogP contribution in [0.4, 0.5) is 0 Å². The Balaban J connectivity index is 2.27. The van der Waals surface area contributed by atoms with E-state index in [-0.39, 0.29) is 16.5 Å². The molecular formula is C14H20ClNO4S. The first kappa shape index (κ1) is 16.5. The van der Waals surface area contributed by atoms with Gasteiger partial charge in [-0.15, -0.1) is 0 Å². The Bertz CT molecular complexity index is 597. The summed E-state index contributed by atoms with van der Waals surface area (Å²) in [6.45, 7) is -0.198. The van der Waals surface area contributed by atoms with Crippen molar-refractivity contribution in [2.24, 2.45) is 0 Å². The Kier molecular flexibility index (Phi) is 5.14. The van der Waals surface area contributed by atoms with Crippen LogP contribution in [0.2, 0.25) is 5.02 Å². The second-order valence-corrected chi connectivity index (χ2v) is 7.49. The number of methoxy groups -OCH3 is 1. The third kappa shape index (κ3) is 3.69. The topological polar surface area (TPSA) is 75.6 Å². The highest BCUT2D eigenvalue weighted by Crippen LogP contribution is 2.31. The van der Waals surface area contributed by atoms with Crippen molar-refractivity contribution in [3.8, 4) is 5.75 Å². The number of halogens is 1. The summed E-state index contributed by atoms with van der Waals surface area (Å²) in [5.41, 5.74) is -0.760. The highest BCUT2D eigenvalue weighted by molar-refractivity contribution is 7.89. The van der Waals surface area contributed by atoms with Gasteiger partial charge in [0.2, 0.25) is 10.0 Å². The zero-order valence-corrected chi connectivity index (χ0v) is 13.5. The van der Waals surface area contributed by atoms with Gasteiger partial charge in [-0.3, -0.25) is 0 Å². The molecule has 1 saturated carbocycles. The molecule has 1 fully saturated rings. The highest BCUT2D eigenvalue weighted by atomic mass is 35.5. The Morgan fingerprint density at radius 3 is 2.52 bits per heavy atom. The number of benzene rings is 1. The maximum Gasteiger partial charge on any atom is 0.241 e. The van der Waals surface area contributed by atoms with Crippen LogP contribution in [0.5, 0.6) is 5.75 Å². The zero-order chi connectivity index (χ0) is 15.5. The lowest BCUT2D eigenvalue weighted by Gasteiger charge is -2.36. The van der Waals surface area contributed by atoms with E-state index in [1.54, 1.807) is 0 Å². The molecule has 0 saturated heterocycles. The van der Waals surface area contributed by atoms with E-state index in [1.807, 2.05) is 0 Å². The normalized spacial score (nSPS) is 18.4. The van der Waals surface area contributed by atoms with Crippen molar-refractivity contribution in [2.45, 2.75) is 42.5 Å². The van der Waals surface area contributed by atoms with Gasteiger partial charge in [0.1, 0.15) is 5.75 Å². The summed E-state index contributed by atoms with van der Waals surface area (Å²) < 4.78 is 32.7. The van der Waals surface area contributed by atoms with Crippen LogP contribution < -0.4 is 9.46 Å². The summed E-state index contributed by atoms with van der Waals surface area (Å²) in [5.74, 6) is 0.421. The van der Waals surface area contributed by atoms with Crippen molar-refractivity contribution in [2.75, 3.05) is 13.7 Å². The molecule has 0 atom stereocenters. The van der Waals surface area contributed by atoms with E-state index in [0.29, 0.717) is 18.6 Å². The van der Waals surface area contributed by atoms with Gasteiger partial charge >= 0.3 is 0 Å². The lowest BCUT2D eigenvalue weighted by Crippen LogP contribution is -2.52. The second-order valence-electron chi connectivity index (χ2n) is 5.40. The van der Waals surface area contributed by atoms with Gasteiger partial charge in [-0.2, -0.15) is 0 Å². The monoisotopic (exact) mass is 333 g/mol. The molecule has 0 spiro atoms. The molecule has 2 rings (SSSR count). The third-order valence-electron chi connectivity index (χ3n) is 3.90. The zero-order valence-electron chi connectivity index (χ0n) is 11.9. The Labute approximate surface area is 130 Å². The quantitative estimate of drug-likeness (QED) is 0.867. The Morgan fingerprint density at radius 2 is 2.00 bits per heavy atom. The highest BCUT2D eigenvalue weighted by Gasteiger charge is 2.36. The van der Waals surface area contributed by atoms with Crippen LogP contribution in [0.15, 0.2) is 23.1 Å². The van der Waals surface area contributed by atoms with Crippen LogP contribution >= 0.6 is 11.6 Å². The first-order valence-corrected chi connectivity index (χ1v) is 8.77. The molecule has 0 aliphatic heterocycles. The maximum atomic E-state index is 12.5. The van der Waals surface area contributed by atoms with Crippen molar-refractivity contribution >= 4 is 21.6 Å². The molecule has 1 aliphatic carbocycles. The van der Waals surface area contributed by atoms with Crippen molar-refractivity contribution in [1.29, 1.82) is 0 Å². The van der Waals surface area contributed by atoms with Gasteiger partial charge in [-0.05, 0) is 31.0 Å². The van der Waals surface area contributed by atoms with Crippen molar-refractivity contribution in [3.63, 3.8) is 0 Å². The lowest BCUT2D eigenvalue weighted by molar-refractivity contribution is 0.142. The van der Waals surface area contributed by atoms with E-state index in [2.05, 4.69) is 4.72 Å². The third-order valence-corrected chi connectivity index (χ3v) is 5.77. The summed E-state index contributed by atoms with van der Waals surface area (Å²) in [7, 11) is -2.26. The van der Waals surface area contributed by atoms with Crippen molar-refractivity contribution in [3.05, 3.63) is 23.2 Å². The molecular weight excluding hydrogens is 314 g/mol. The number of ether oxygens (including phenoxy) is 1. The molecule has 7 heteroatoms. The lowest BCUT2D eigenvalue weighted by atomic mass is 9.83. The number of aliphatic hydroxyl groups excluding tert-OH is 1. The summed E-state index contributed by atoms with van der Waals surface area (Å²) >= 11 is 5.98. The molecule has 1 aromatic rings. The van der Waals surface area contributed by atoms with Crippen LogP contribution in [0.1, 0.15) is 32.1 Å². The van der Waals surface area contributed by atoms with E-state index in [9.17, 15) is 13.5 Å².